The van der Waals surface area contributed by atoms with E-state index >= 15 is 0 Å². The molecule has 142 valence electrons. The van der Waals surface area contributed by atoms with Crippen LogP contribution in [0.4, 0.5) is 0 Å². The van der Waals surface area contributed by atoms with Crippen LogP contribution in [-0.2, 0) is 20.2 Å². The van der Waals surface area contributed by atoms with Crippen molar-refractivity contribution >= 4 is 21.8 Å². The van der Waals surface area contributed by atoms with Crippen LogP contribution in [0, 0.1) is 0 Å². The summed E-state index contributed by atoms with van der Waals surface area (Å²) in [6.45, 7) is 0.854. The molecule has 4 rings (SSSR count). The summed E-state index contributed by atoms with van der Waals surface area (Å²) in [7, 11) is -3.51. The summed E-state index contributed by atoms with van der Waals surface area (Å²) in [5.74, 6) is -0.0869. The number of amidine groups is 1. The van der Waals surface area contributed by atoms with Crippen molar-refractivity contribution in [3.8, 4) is 0 Å². The van der Waals surface area contributed by atoms with Gasteiger partial charge in [0.05, 0.1) is 11.3 Å². The van der Waals surface area contributed by atoms with E-state index in [2.05, 4.69) is 21.8 Å². The van der Waals surface area contributed by atoms with E-state index in [1.807, 2.05) is 18.2 Å². The fourth-order valence-corrected chi connectivity index (χ4v) is 5.13. The lowest BCUT2D eigenvalue weighted by Crippen LogP contribution is -2.45. The van der Waals surface area contributed by atoms with E-state index in [9.17, 15) is 13.2 Å². The molecular weight excluding hydrogens is 362 g/mol. The van der Waals surface area contributed by atoms with Gasteiger partial charge in [0, 0.05) is 24.7 Å². The van der Waals surface area contributed by atoms with E-state index in [0.29, 0.717) is 18.7 Å². The molecule has 27 heavy (non-hydrogen) atoms. The summed E-state index contributed by atoms with van der Waals surface area (Å²) in [5, 5.41) is 3.05. The molecule has 0 aromatic heterocycles. The van der Waals surface area contributed by atoms with Gasteiger partial charge in [-0.05, 0) is 30.6 Å². The second-order valence-corrected chi connectivity index (χ2v) is 9.11. The van der Waals surface area contributed by atoms with Crippen LogP contribution >= 0.6 is 0 Å². The number of amides is 1. The minimum atomic E-state index is -3.51. The molecule has 2 aliphatic heterocycles. The van der Waals surface area contributed by atoms with Crippen LogP contribution in [0.1, 0.15) is 31.2 Å². The van der Waals surface area contributed by atoms with Gasteiger partial charge in [0.2, 0.25) is 0 Å². The van der Waals surface area contributed by atoms with Gasteiger partial charge in [-0.25, -0.2) is 8.42 Å². The SMILES string of the molecule is O=C(NCC1(c2ccccc2)CCCC1)C1=CC=CN2CCS(=O)(=O)N=C12. The third-order valence-corrected chi connectivity index (χ3v) is 6.79. The van der Waals surface area contributed by atoms with Crippen molar-refractivity contribution in [2.45, 2.75) is 31.1 Å². The van der Waals surface area contributed by atoms with Crippen molar-refractivity contribution in [2.75, 3.05) is 18.8 Å². The van der Waals surface area contributed by atoms with Crippen LogP contribution in [0.2, 0.25) is 0 Å². The fourth-order valence-electron chi connectivity index (χ4n) is 4.15. The zero-order chi connectivity index (χ0) is 18.9. The summed E-state index contributed by atoms with van der Waals surface area (Å²) < 4.78 is 27.6. The first-order valence-electron chi connectivity index (χ1n) is 9.31. The van der Waals surface area contributed by atoms with Crippen LogP contribution < -0.4 is 5.32 Å². The van der Waals surface area contributed by atoms with Gasteiger partial charge >= 0.3 is 0 Å². The Labute approximate surface area is 159 Å². The molecule has 1 N–H and O–H groups in total. The Kier molecular flexibility index (Phi) is 4.63. The number of hydrogen-bond acceptors (Lipinski definition) is 4. The fraction of sp³-hybridized carbons (Fsp3) is 0.400. The lowest BCUT2D eigenvalue weighted by Gasteiger charge is -2.32. The molecular formula is C20H23N3O3S. The molecule has 0 saturated heterocycles. The molecule has 1 fully saturated rings. The summed E-state index contributed by atoms with van der Waals surface area (Å²) in [4.78, 5) is 14.6. The summed E-state index contributed by atoms with van der Waals surface area (Å²) in [6.07, 6.45) is 9.52. The Balaban J connectivity index is 1.54. The molecule has 0 spiro atoms. The Morgan fingerprint density at radius 3 is 2.67 bits per heavy atom. The van der Waals surface area contributed by atoms with E-state index in [1.165, 1.54) is 5.56 Å². The number of carbonyl (C=O) groups is 1. The summed E-state index contributed by atoms with van der Waals surface area (Å²) in [5.41, 5.74) is 1.50. The van der Waals surface area contributed by atoms with Gasteiger partial charge in [0.1, 0.15) is 0 Å². The number of rotatable bonds is 4. The Morgan fingerprint density at radius 2 is 1.93 bits per heavy atom. The zero-order valence-electron chi connectivity index (χ0n) is 15.1. The first-order valence-corrected chi connectivity index (χ1v) is 10.9. The molecule has 0 atom stereocenters. The highest BCUT2D eigenvalue weighted by Gasteiger charge is 2.37. The van der Waals surface area contributed by atoms with Crippen molar-refractivity contribution in [3.05, 3.63) is 59.8 Å². The van der Waals surface area contributed by atoms with Crippen LogP contribution in [0.15, 0.2) is 58.7 Å². The van der Waals surface area contributed by atoms with Crippen LogP contribution in [0.25, 0.3) is 0 Å². The molecule has 1 aromatic rings. The predicted octanol–water partition coefficient (Wildman–Crippen LogP) is 2.11. The predicted molar refractivity (Wildman–Crippen MR) is 105 cm³/mol. The number of carbonyl (C=O) groups excluding carboxylic acids is 1. The minimum absolute atomic E-state index is 0.0349. The van der Waals surface area contributed by atoms with E-state index in [1.54, 1.807) is 23.3 Å². The van der Waals surface area contributed by atoms with Gasteiger partial charge in [-0.3, -0.25) is 4.79 Å². The van der Waals surface area contributed by atoms with Gasteiger partial charge < -0.3 is 10.2 Å². The first-order chi connectivity index (χ1) is 13.0. The van der Waals surface area contributed by atoms with Crippen LogP contribution in [-0.4, -0.2) is 43.9 Å². The monoisotopic (exact) mass is 385 g/mol. The van der Waals surface area contributed by atoms with E-state index in [0.717, 1.165) is 25.7 Å². The normalized spacial score (nSPS) is 22.6. The van der Waals surface area contributed by atoms with Crippen molar-refractivity contribution in [3.63, 3.8) is 0 Å². The Hall–Kier alpha value is -2.41. The maximum Gasteiger partial charge on any atom is 0.256 e. The average Bonchev–Trinajstić information content (AvgIpc) is 3.16. The maximum atomic E-state index is 12.9. The molecule has 1 aliphatic carbocycles. The molecule has 1 amide bonds. The molecule has 3 aliphatic rings. The second kappa shape index (κ2) is 6.96. The number of allylic oxidation sites excluding steroid dienone is 2. The van der Waals surface area contributed by atoms with Crippen molar-refractivity contribution < 1.29 is 13.2 Å². The van der Waals surface area contributed by atoms with Crippen LogP contribution in [0.3, 0.4) is 0 Å². The largest absolute Gasteiger partial charge is 0.351 e. The number of sulfonamides is 1. The van der Waals surface area contributed by atoms with Gasteiger partial charge in [-0.1, -0.05) is 43.2 Å². The van der Waals surface area contributed by atoms with Gasteiger partial charge in [0.15, 0.2) is 5.84 Å². The molecule has 1 aromatic carbocycles. The number of nitrogens with one attached hydrogen (secondary N) is 1. The third-order valence-electron chi connectivity index (χ3n) is 5.64. The molecule has 6 nitrogen and oxygen atoms in total. The number of nitrogens with zero attached hydrogens (tertiary/aromatic N) is 2. The first kappa shape index (κ1) is 18.0. The number of hydrogen-bond donors (Lipinski definition) is 1. The highest BCUT2D eigenvalue weighted by molar-refractivity contribution is 7.90. The quantitative estimate of drug-likeness (QED) is 0.861. The van der Waals surface area contributed by atoms with E-state index in [-0.39, 0.29) is 22.9 Å². The molecule has 0 unspecified atom stereocenters. The van der Waals surface area contributed by atoms with Crippen LogP contribution in [0.5, 0.6) is 0 Å². The average molecular weight is 385 g/mol. The second-order valence-electron chi connectivity index (χ2n) is 7.35. The van der Waals surface area contributed by atoms with Crippen molar-refractivity contribution in [1.29, 1.82) is 0 Å². The maximum absolute atomic E-state index is 12.9. The highest BCUT2D eigenvalue weighted by Crippen LogP contribution is 2.40. The molecule has 2 heterocycles. The summed E-state index contributed by atoms with van der Waals surface area (Å²) >= 11 is 0. The van der Waals surface area contributed by atoms with E-state index < -0.39 is 10.0 Å². The van der Waals surface area contributed by atoms with E-state index in [4.69, 9.17) is 0 Å². The topological polar surface area (TPSA) is 78.8 Å². The molecule has 0 radical (unpaired) electrons. The lowest BCUT2D eigenvalue weighted by molar-refractivity contribution is -0.117. The zero-order valence-corrected chi connectivity index (χ0v) is 15.9. The van der Waals surface area contributed by atoms with Crippen molar-refractivity contribution in [2.24, 2.45) is 4.40 Å². The Bertz CT molecular complexity index is 926. The Morgan fingerprint density at radius 1 is 1.19 bits per heavy atom. The van der Waals surface area contributed by atoms with Gasteiger partial charge in [-0.2, -0.15) is 0 Å². The molecule has 7 heteroatoms. The number of fused-ring (bicyclic) bond motifs is 1. The highest BCUT2D eigenvalue weighted by atomic mass is 32.2. The molecule has 0 bridgehead atoms. The molecule has 1 saturated carbocycles. The summed E-state index contributed by atoms with van der Waals surface area (Å²) in [6, 6.07) is 10.3. The van der Waals surface area contributed by atoms with Gasteiger partial charge in [-0.15, -0.1) is 4.40 Å². The standard InChI is InChI=1S/C20H23N3O3S/c24-19(17-9-6-12-23-13-14-27(25,26)22-18(17)23)21-15-20(10-4-5-11-20)16-7-2-1-3-8-16/h1-3,6-9,12H,4-5,10-11,13-15H2,(H,21,24). The lowest BCUT2D eigenvalue weighted by atomic mass is 9.79. The number of benzene rings is 1. The van der Waals surface area contributed by atoms with Gasteiger partial charge in [0.25, 0.3) is 15.9 Å². The third kappa shape index (κ3) is 3.56. The smallest absolute Gasteiger partial charge is 0.256 e. The minimum Gasteiger partial charge on any atom is -0.351 e. The van der Waals surface area contributed by atoms with Crippen molar-refractivity contribution in [1.82, 2.24) is 10.2 Å².